The molecule has 5 rings (SSSR count). The average Bonchev–Trinajstić information content (AvgIpc) is 2.85. The van der Waals surface area contributed by atoms with E-state index in [1.807, 2.05) is 36.4 Å². The summed E-state index contributed by atoms with van der Waals surface area (Å²) in [6.07, 6.45) is 3.57. The zero-order chi connectivity index (χ0) is 21.9. The SMILES string of the molecule is Cc1cccc(N2CCN(c3cc(-c4ccc(Cl)cc4)nc(-c4cccnc4)n3)CC2)c1. The van der Waals surface area contributed by atoms with Crippen molar-refractivity contribution in [3.05, 3.63) is 89.7 Å². The molecule has 0 aliphatic carbocycles. The van der Waals surface area contributed by atoms with Gasteiger partial charge in [-0.1, -0.05) is 35.9 Å². The van der Waals surface area contributed by atoms with Gasteiger partial charge in [0.2, 0.25) is 0 Å². The third-order valence-electron chi connectivity index (χ3n) is 5.74. The fourth-order valence-electron chi connectivity index (χ4n) is 4.01. The van der Waals surface area contributed by atoms with Gasteiger partial charge in [-0.25, -0.2) is 9.97 Å². The van der Waals surface area contributed by atoms with Crippen molar-refractivity contribution in [1.82, 2.24) is 15.0 Å². The number of hydrogen-bond donors (Lipinski definition) is 0. The number of aromatic nitrogens is 3. The second kappa shape index (κ2) is 8.97. The van der Waals surface area contributed by atoms with Crippen molar-refractivity contribution in [2.75, 3.05) is 36.0 Å². The van der Waals surface area contributed by atoms with E-state index in [2.05, 4.69) is 52.0 Å². The molecule has 3 heterocycles. The maximum Gasteiger partial charge on any atom is 0.163 e. The van der Waals surface area contributed by atoms with Gasteiger partial charge in [-0.2, -0.15) is 0 Å². The second-order valence-corrected chi connectivity index (χ2v) is 8.43. The van der Waals surface area contributed by atoms with Crippen LogP contribution in [0.3, 0.4) is 0 Å². The van der Waals surface area contributed by atoms with E-state index in [4.69, 9.17) is 21.6 Å². The molecule has 6 heteroatoms. The molecular weight excluding hydrogens is 418 g/mol. The van der Waals surface area contributed by atoms with Crippen LogP contribution in [0.1, 0.15) is 5.56 Å². The molecule has 1 fully saturated rings. The minimum Gasteiger partial charge on any atom is -0.368 e. The average molecular weight is 442 g/mol. The van der Waals surface area contributed by atoms with Gasteiger partial charge >= 0.3 is 0 Å². The molecule has 1 aliphatic rings. The number of pyridine rings is 1. The summed E-state index contributed by atoms with van der Waals surface area (Å²) in [5.74, 6) is 1.62. The molecule has 0 N–H and O–H groups in total. The quantitative estimate of drug-likeness (QED) is 0.418. The minimum absolute atomic E-state index is 0.682. The van der Waals surface area contributed by atoms with Gasteiger partial charge in [0.15, 0.2) is 5.82 Å². The van der Waals surface area contributed by atoms with Crippen LogP contribution in [-0.4, -0.2) is 41.1 Å². The number of piperazine rings is 1. The fraction of sp³-hybridized carbons (Fsp3) is 0.192. The number of benzene rings is 2. The predicted molar refractivity (Wildman–Crippen MR) is 131 cm³/mol. The van der Waals surface area contributed by atoms with Crippen LogP contribution in [0.2, 0.25) is 5.02 Å². The second-order valence-electron chi connectivity index (χ2n) is 8.00. The lowest BCUT2D eigenvalue weighted by atomic mass is 10.1. The third-order valence-corrected chi connectivity index (χ3v) is 5.99. The summed E-state index contributed by atoms with van der Waals surface area (Å²) >= 11 is 6.10. The van der Waals surface area contributed by atoms with Gasteiger partial charge in [-0.15, -0.1) is 0 Å². The number of anilines is 2. The summed E-state index contributed by atoms with van der Waals surface area (Å²) in [7, 11) is 0. The van der Waals surface area contributed by atoms with E-state index in [0.717, 1.165) is 48.8 Å². The highest BCUT2D eigenvalue weighted by Gasteiger charge is 2.20. The van der Waals surface area contributed by atoms with Gasteiger partial charge in [0.1, 0.15) is 5.82 Å². The first kappa shape index (κ1) is 20.5. The van der Waals surface area contributed by atoms with E-state index in [9.17, 15) is 0 Å². The molecule has 4 aromatic rings. The van der Waals surface area contributed by atoms with Crippen molar-refractivity contribution >= 4 is 23.1 Å². The van der Waals surface area contributed by atoms with Gasteiger partial charge in [0.05, 0.1) is 5.69 Å². The van der Waals surface area contributed by atoms with Crippen LogP contribution in [0.25, 0.3) is 22.6 Å². The number of aryl methyl sites for hydroxylation is 1. The van der Waals surface area contributed by atoms with Crippen LogP contribution in [0, 0.1) is 6.92 Å². The number of halogens is 1. The van der Waals surface area contributed by atoms with E-state index in [-0.39, 0.29) is 0 Å². The molecule has 0 unspecified atom stereocenters. The highest BCUT2D eigenvalue weighted by molar-refractivity contribution is 6.30. The maximum absolute atomic E-state index is 6.10. The molecule has 2 aromatic heterocycles. The molecule has 0 amide bonds. The lowest BCUT2D eigenvalue weighted by Gasteiger charge is -2.37. The molecule has 160 valence electrons. The van der Waals surface area contributed by atoms with Gasteiger partial charge in [-0.3, -0.25) is 4.98 Å². The standard InChI is InChI=1S/C26H24ClN5/c1-19-4-2-6-23(16-19)31-12-14-32(15-13-31)25-17-24(20-7-9-22(27)10-8-20)29-26(30-25)21-5-3-11-28-18-21/h2-11,16-18H,12-15H2,1H3. The normalized spacial score (nSPS) is 13.9. The maximum atomic E-state index is 6.10. The van der Waals surface area contributed by atoms with Crippen LogP contribution < -0.4 is 9.80 Å². The van der Waals surface area contributed by atoms with E-state index in [1.165, 1.54) is 11.3 Å². The summed E-state index contributed by atoms with van der Waals surface area (Å²) in [5, 5.41) is 0.711. The summed E-state index contributed by atoms with van der Waals surface area (Å²) in [6.45, 7) is 5.84. The van der Waals surface area contributed by atoms with Crippen LogP contribution in [0.15, 0.2) is 79.1 Å². The molecule has 2 aromatic carbocycles. The van der Waals surface area contributed by atoms with Crippen molar-refractivity contribution in [3.8, 4) is 22.6 Å². The van der Waals surface area contributed by atoms with Crippen LogP contribution in [0.4, 0.5) is 11.5 Å². The topological polar surface area (TPSA) is 45.2 Å². The molecule has 0 saturated carbocycles. The first-order valence-corrected chi connectivity index (χ1v) is 11.2. The first-order chi connectivity index (χ1) is 15.7. The number of hydrogen-bond acceptors (Lipinski definition) is 5. The molecule has 0 atom stereocenters. The Hall–Kier alpha value is -3.44. The van der Waals surface area contributed by atoms with Crippen LogP contribution in [0.5, 0.6) is 0 Å². The van der Waals surface area contributed by atoms with Crippen molar-refractivity contribution in [2.45, 2.75) is 6.92 Å². The van der Waals surface area contributed by atoms with Crippen molar-refractivity contribution in [2.24, 2.45) is 0 Å². The Kier molecular flexibility index (Phi) is 5.73. The Morgan fingerprint density at radius 1 is 0.781 bits per heavy atom. The Bertz CT molecular complexity index is 1200. The molecule has 1 aliphatic heterocycles. The van der Waals surface area contributed by atoms with Crippen molar-refractivity contribution in [3.63, 3.8) is 0 Å². The van der Waals surface area contributed by atoms with Gasteiger partial charge in [-0.05, 0) is 48.9 Å². The Labute approximate surface area is 193 Å². The van der Waals surface area contributed by atoms with Gasteiger partial charge in [0.25, 0.3) is 0 Å². The van der Waals surface area contributed by atoms with Crippen LogP contribution >= 0.6 is 11.6 Å². The molecule has 0 spiro atoms. The zero-order valence-corrected chi connectivity index (χ0v) is 18.7. The zero-order valence-electron chi connectivity index (χ0n) is 17.9. The molecular formula is C26H24ClN5. The number of rotatable bonds is 4. The summed E-state index contributed by atoms with van der Waals surface area (Å²) in [6, 6.07) is 22.5. The lowest BCUT2D eigenvalue weighted by molar-refractivity contribution is 0.647. The number of nitrogens with zero attached hydrogens (tertiary/aromatic N) is 5. The smallest absolute Gasteiger partial charge is 0.163 e. The molecule has 5 nitrogen and oxygen atoms in total. The predicted octanol–water partition coefficient (Wildman–Crippen LogP) is 5.49. The van der Waals surface area contributed by atoms with E-state index >= 15 is 0 Å². The first-order valence-electron chi connectivity index (χ1n) is 10.8. The van der Waals surface area contributed by atoms with Crippen molar-refractivity contribution < 1.29 is 0 Å². The Balaban J connectivity index is 1.45. The monoisotopic (exact) mass is 441 g/mol. The molecule has 32 heavy (non-hydrogen) atoms. The lowest BCUT2D eigenvalue weighted by Crippen LogP contribution is -2.46. The van der Waals surface area contributed by atoms with E-state index in [0.29, 0.717) is 10.8 Å². The third kappa shape index (κ3) is 4.43. The minimum atomic E-state index is 0.682. The molecule has 0 radical (unpaired) electrons. The summed E-state index contributed by atoms with van der Waals surface area (Å²) in [4.78, 5) is 18.8. The summed E-state index contributed by atoms with van der Waals surface area (Å²) < 4.78 is 0. The summed E-state index contributed by atoms with van der Waals surface area (Å²) in [5.41, 5.74) is 5.37. The van der Waals surface area contributed by atoms with E-state index < -0.39 is 0 Å². The van der Waals surface area contributed by atoms with E-state index in [1.54, 1.807) is 12.4 Å². The fourth-order valence-corrected chi connectivity index (χ4v) is 4.13. The van der Waals surface area contributed by atoms with Gasteiger partial charge < -0.3 is 9.80 Å². The van der Waals surface area contributed by atoms with Crippen molar-refractivity contribution in [1.29, 1.82) is 0 Å². The highest BCUT2D eigenvalue weighted by Crippen LogP contribution is 2.28. The Morgan fingerprint density at radius 2 is 1.56 bits per heavy atom. The van der Waals surface area contributed by atoms with Crippen LogP contribution in [-0.2, 0) is 0 Å². The van der Waals surface area contributed by atoms with Gasteiger partial charge in [0, 0.05) is 66.5 Å². The molecule has 0 bridgehead atoms. The highest BCUT2D eigenvalue weighted by atomic mass is 35.5. The largest absolute Gasteiger partial charge is 0.368 e. The Morgan fingerprint density at radius 3 is 2.28 bits per heavy atom. The molecule has 1 saturated heterocycles.